The molecule has 20 heteroatoms. The van der Waals surface area contributed by atoms with E-state index in [1.165, 1.54) is 222 Å². The molecule has 0 radical (unpaired) electrons. The summed E-state index contributed by atoms with van der Waals surface area (Å²) in [6.45, 7) is 1.18. The third-order valence-corrected chi connectivity index (χ3v) is 73.5. The van der Waals surface area contributed by atoms with Crippen LogP contribution in [0.1, 0.15) is 290 Å². The molecule has 0 aliphatic carbocycles. The van der Waals surface area contributed by atoms with Gasteiger partial charge < -0.3 is 30.0 Å². The van der Waals surface area contributed by atoms with Gasteiger partial charge in [0, 0.05) is 19.4 Å². The van der Waals surface area contributed by atoms with Crippen molar-refractivity contribution in [2.45, 2.75) is 293 Å². The zero-order valence-corrected chi connectivity index (χ0v) is 68.0. The third kappa shape index (κ3) is 78.9. The number of aryl methyl sites for hydroxylation is 3. The van der Waals surface area contributed by atoms with E-state index >= 15 is 0 Å². The van der Waals surface area contributed by atoms with E-state index in [2.05, 4.69) is 123 Å². The van der Waals surface area contributed by atoms with Crippen molar-refractivity contribution in [2.24, 2.45) is 0 Å². The molecule has 0 saturated heterocycles. The molecule has 0 aliphatic rings. The predicted octanol–water partition coefficient (Wildman–Crippen LogP) is 28.9. The zero-order valence-electron chi connectivity index (χ0n) is 53.1. The van der Waals surface area contributed by atoms with Gasteiger partial charge in [0.2, 0.25) is 0 Å². The van der Waals surface area contributed by atoms with Crippen molar-refractivity contribution >= 4 is 128 Å². The molecule has 0 heterocycles. The van der Waals surface area contributed by atoms with Crippen LogP contribution < -0.4 is 0 Å². The fraction of sp³-hybridized carbons (Fsp3) is 0.657. The van der Waals surface area contributed by atoms with Gasteiger partial charge in [-0.05, 0) is 165 Å². The van der Waals surface area contributed by atoms with Gasteiger partial charge in [-0.2, -0.15) is 0 Å². The second-order valence-electron chi connectivity index (χ2n) is 22.2. The van der Waals surface area contributed by atoms with Crippen molar-refractivity contribution in [3.05, 3.63) is 114 Å². The lowest BCUT2D eigenvalue weighted by Gasteiger charge is -2.18. The number of allylic oxidation sites excluding steroid dienone is 4. The Morgan fingerprint density at radius 2 is 0.556 bits per heavy atom. The lowest BCUT2D eigenvalue weighted by Crippen LogP contribution is -1.87. The minimum absolute atomic E-state index is 0. The van der Waals surface area contributed by atoms with Crippen LogP contribution in [0.4, 0.5) is 0 Å². The number of hydrogen-bond acceptors (Lipinski definition) is 6. The predicted molar refractivity (Wildman–Crippen MR) is 457 cm³/mol. The minimum atomic E-state index is 0. The first kappa shape index (κ1) is 103. The average Bonchev–Trinajstić information content (AvgIpc) is 3.58. The van der Waals surface area contributed by atoms with Crippen LogP contribution in [0, 0.1) is 0 Å². The summed E-state index contributed by atoms with van der Waals surface area (Å²) in [5.41, 5.74) is 3.74. The maximum atomic E-state index is 10.2. The SMILES string of the molecule is C.C.C.C.O=CCC/C=C\C/C=C\CCCCCCCCc1cccc(O)c1.O=CCCCCCCCCCCCCCCCc1cccc(O)c1.OCCCCCCCCCCCCCCCCc1cccc(O)c1.PP(P)P(P)P.PP(P)P(P)P(P)P. The summed E-state index contributed by atoms with van der Waals surface area (Å²) in [6, 6.07) is 22.9. The first-order valence-electron chi connectivity index (χ1n) is 32.5. The quantitative estimate of drug-likeness (QED) is 0.0194. The molecule has 4 N–H and O–H groups in total. The van der Waals surface area contributed by atoms with Crippen molar-refractivity contribution in [2.75, 3.05) is 6.61 Å². The van der Waals surface area contributed by atoms with Gasteiger partial charge in [-0.25, -0.2) is 0 Å². The lowest BCUT2D eigenvalue weighted by atomic mass is 10.0. The Labute approximate surface area is 584 Å². The molecule has 9 atom stereocenters. The van der Waals surface area contributed by atoms with Crippen LogP contribution in [0.5, 0.6) is 17.2 Å². The van der Waals surface area contributed by atoms with Gasteiger partial charge in [0.15, 0.2) is 0 Å². The summed E-state index contributed by atoms with van der Waals surface area (Å²) in [4.78, 5) is 20.3. The first-order chi connectivity index (χ1) is 41.7. The van der Waals surface area contributed by atoms with Crippen LogP contribution in [0.15, 0.2) is 97.1 Å². The normalized spacial score (nSPS) is 10.7. The Hall–Kier alpha value is 1.86. The monoisotopic (exact) mass is 1510 g/mol. The molecule has 0 spiro atoms. The van der Waals surface area contributed by atoms with Gasteiger partial charge >= 0.3 is 0 Å². The summed E-state index contributed by atoms with van der Waals surface area (Å²) in [6.07, 6.45) is 61.6. The number of aldehydes is 2. The second kappa shape index (κ2) is 81.5. The number of phenolic OH excluding ortho intramolecular Hbond substituents is 3. The number of aliphatic hydroxyl groups excluding tert-OH is 1. The number of hydrogen-bond donors (Lipinski definition) is 4. The number of carbonyl (C=O) groups is 2. The van der Waals surface area contributed by atoms with Crippen LogP contribution in [0.3, 0.4) is 0 Å². The number of unbranched alkanes of at least 4 members (excludes halogenated alkanes) is 33. The highest BCUT2D eigenvalue weighted by atomic mass is 33.1. The smallest absolute Gasteiger partial charge is 0.120 e. The van der Waals surface area contributed by atoms with E-state index in [9.17, 15) is 24.9 Å². The van der Waals surface area contributed by atoms with Crippen LogP contribution in [0.2, 0.25) is 0 Å². The molecular weight excluding hydrogens is 1370 g/mol. The molecule has 0 saturated carbocycles. The van der Waals surface area contributed by atoms with E-state index in [1.54, 1.807) is 18.2 Å². The molecule has 9 unspecified atom stereocenters. The van der Waals surface area contributed by atoms with Crippen molar-refractivity contribution in [1.82, 2.24) is 0 Å². The Bertz CT molecular complexity index is 1970. The topological polar surface area (TPSA) is 115 Å². The van der Waals surface area contributed by atoms with E-state index in [0.717, 1.165) is 63.9 Å². The van der Waals surface area contributed by atoms with E-state index in [-0.39, 0.29) is 64.6 Å². The number of benzene rings is 3. The van der Waals surface area contributed by atoms with Gasteiger partial charge in [0.25, 0.3) is 0 Å². The molecule has 0 amide bonds. The Balaban J connectivity index is -0.000000260. The molecule has 526 valence electrons. The summed E-state index contributed by atoms with van der Waals surface area (Å²) >= 11 is 0. The van der Waals surface area contributed by atoms with Crippen molar-refractivity contribution < 1.29 is 30.0 Å². The molecular formula is C70H140O6P14. The number of phenols is 3. The van der Waals surface area contributed by atoms with Crippen LogP contribution >= 0.6 is 115 Å². The molecule has 90 heavy (non-hydrogen) atoms. The number of aromatic hydroxyl groups is 3. The molecule has 3 aromatic rings. The molecule has 0 bridgehead atoms. The Kier molecular flexibility index (Phi) is 93.2. The summed E-state index contributed by atoms with van der Waals surface area (Å²) in [7, 11) is 25.5. The van der Waals surface area contributed by atoms with E-state index in [4.69, 9.17) is 5.11 Å². The maximum Gasteiger partial charge on any atom is 0.120 e. The Morgan fingerprint density at radius 3 is 0.800 bits per heavy atom. The number of carbonyl (C=O) groups excluding carboxylic acids is 2. The highest BCUT2D eigenvalue weighted by Crippen LogP contribution is 3.00. The van der Waals surface area contributed by atoms with Gasteiger partial charge in [-0.3, -0.25) is 0 Å². The van der Waals surface area contributed by atoms with E-state index in [1.807, 2.05) is 36.4 Å². The zero-order chi connectivity index (χ0) is 63.8. The number of rotatable bonds is 49. The highest BCUT2D eigenvalue weighted by molar-refractivity contribution is 9.06. The standard InChI is InChI=1S/C22H38O2.C22H36O2.C22H32O2.4CH4.H10P8.H8P6/c3*23-19-14-12-10-8-6-4-2-1-3-5-7-9-11-13-16-21-17-15-18-22(24)20-21;;;;;1-6(2)8(5)7(3)4;1-5(2)6(3)4/h15,17-18,20,23-24H,1-14,16,19H2;15,17-20,24H,1-14,16H2;2,4,8,10,15,17-20,24H,1,3,5-7,9,11-14,16H2;4*1H4;1-5H2;1-4H2/b;;4-2-,10-8-;;;;;;. The summed E-state index contributed by atoms with van der Waals surface area (Å²) in [5.74, 6) is 1.14. The van der Waals surface area contributed by atoms with Gasteiger partial charge in [-0.1, -0.05) is 264 Å². The molecule has 0 fully saturated rings. The molecule has 3 rings (SSSR count). The fourth-order valence-corrected chi connectivity index (χ4v) is 38.1. The van der Waals surface area contributed by atoms with Crippen molar-refractivity contribution in [1.29, 1.82) is 0 Å². The molecule has 3 aromatic carbocycles. The summed E-state index contributed by atoms with van der Waals surface area (Å²) in [5, 5.41) is 37.0. The summed E-state index contributed by atoms with van der Waals surface area (Å²) < 4.78 is 0. The van der Waals surface area contributed by atoms with E-state index in [0.29, 0.717) is 30.3 Å². The van der Waals surface area contributed by atoms with Gasteiger partial charge in [0.05, 0.1) is 0 Å². The second-order valence-corrected chi connectivity index (χ2v) is 70.0. The van der Waals surface area contributed by atoms with Crippen molar-refractivity contribution in [3.8, 4) is 17.2 Å². The van der Waals surface area contributed by atoms with Crippen LogP contribution in [0.25, 0.3) is 0 Å². The molecule has 0 aliphatic heterocycles. The van der Waals surface area contributed by atoms with Crippen LogP contribution in [-0.2, 0) is 28.9 Å². The molecule has 6 nitrogen and oxygen atoms in total. The largest absolute Gasteiger partial charge is 0.508 e. The van der Waals surface area contributed by atoms with Crippen LogP contribution in [-0.4, -0.2) is 39.6 Å². The first-order valence-corrected chi connectivity index (χ1v) is 55.9. The third-order valence-electron chi connectivity index (χ3n) is 14.3. The maximum absolute atomic E-state index is 10.2. The fourth-order valence-electron chi connectivity index (χ4n) is 9.29. The Morgan fingerprint density at radius 1 is 0.300 bits per heavy atom. The van der Waals surface area contributed by atoms with E-state index < -0.39 is 0 Å². The van der Waals surface area contributed by atoms with Gasteiger partial charge in [-0.15, -0.1) is 80.4 Å². The lowest BCUT2D eigenvalue weighted by molar-refractivity contribution is -0.108. The number of aliphatic hydroxyl groups is 1. The minimum Gasteiger partial charge on any atom is -0.508 e. The van der Waals surface area contributed by atoms with Gasteiger partial charge in [0.1, 0.15) is 29.8 Å². The molecule has 0 aromatic heterocycles. The average molecular weight is 1510 g/mol. The highest BCUT2D eigenvalue weighted by Gasteiger charge is 2.10. The van der Waals surface area contributed by atoms with Crippen molar-refractivity contribution in [3.63, 3.8) is 0 Å².